The van der Waals surface area contributed by atoms with Crippen molar-refractivity contribution in [1.29, 1.82) is 0 Å². The van der Waals surface area contributed by atoms with Crippen molar-refractivity contribution in [2.45, 2.75) is 12.8 Å². The molecule has 3 rings (SSSR count). The van der Waals surface area contributed by atoms with E-state index in [4.69, 9.17) is 0 Å². The van der Waals surface area contributed by atoms with Gasteiger partial charge in [0, 0.05) is 27.2 Å². The maximum absolute atomic E-state index is 12.0. The van der Waals surface area contributed by atoms with Gasteiger partial charge >= 0.3 is 5.69 Å². The quantitative estimate of drug-likeness (QED) is 0.743. The fourth-order valence-corrected chi connectivity index (χ4v) is 2.39. The van der Waals surface area contributed by atoms with Crippen LogP contribution in [-0.2, 0) is 14.1 Å². The molecule has 1 aliphatic heterocycles. The third-order valence-corrected chi connectivity index (χ3v) is 3.49. The van der Waals surface area contributed by atoms with E-state index in [9.17, 15) is 9.59 Å². The molecule has 18 heavy (non-hydrogen) atoms. The molecule has 0 aliphatic carbocycles. The van der Waals surface area contributed by atoms with Gasteiger partial charge in [0.1, 0.15) is 0 Å². The van der Waals surface area contributed by atoms with Gasteiger partial charge in [0.2, 0.25) is 5.95 Å². The molecule has 0 amide bonds. The topological polar surface area (TPSA) is 75.9 Å². The molecule has 0 unspecified atom stereocenters. The number of anilines is 1. The average Bonchev–Trinajstić information content (AvgIpc) is 3.01. The molecule has 0 aromatic carbocycles. The average molecular weight is 249 g/mol. The maximum atomic E-state index is 12.0. The summed E-state index contributed by atoms with van der Waals surface area (Å²) in [6, 6.07) is 0. The number of H-pyrrole nitrogens is 1. The summed E-state index contributed by atoms with van der Waals surface area (Å²) in [5.41, 5.74) is 0.129. The van der Waals surface area contributed by atoms with E-state index >= 15 is 0 Å². The van der Waals surface area contributed by atoms with Crippen molar-refractivity contribution < 1.29 is 0 Å². The number of aromatic nitrogens is 4. The summed E-state index contributed by atoms with van der Waals surface area (Å²) in [4.78, 5) is 33.3. The molecule has 2 aromatic rings. The van der Waals surface area contributed by atoms with Crippen LogP contribution >= 0.6 is 0 Å². The Hall–Kier alpha value is -2.05. The molecule has 1 N–H and O–H groups in total. The minimum Gasteiger partial charge on any atom is -0.342 e. The Balaban J connectivity index is 2.29. The van der Waals surface area contributed by atoms with Gasteiger partial charge in [0.25, 0.3) is 5.56 Å². The highest BCUT2D eigenvalue weighted by molar-refractivity contribution is 5.73. The van der Waals surface area contributed by atoms with Crippen LogP contribution in [0.15, 0.2) is 9.59 Å². The highest BCUT2D eigenvalue weighted by atomic mass is 16.2. The van der Waals surface area contributed by atoms with E-state index in [1.54, 1.807) is 7.05 Å². The smallest absolute Gasteiger partial charge is 0.332 e. The minimum atomic E-state index is -0.355. The van der Waals surface area contributed by atoms with Crippen molar-refractivity contribution in [2.75, 3.05) is 18.0 Å². The fraction of sp³-hybridized carbons (Fsp3) is 0.545. The Morgan fingerprint density at radius 2 is 1.78 bits per heavy atom. The molecule has 7 heteroatoms. The summed E-state index contributed by atoms with van der Waals surface area (Å²) in [6.07, 6.45) is 2.27. The van der Waals surface area contributed by atoms with Crippen molar-refractivity contribution in [1.82, 2.24) is 19.1 Å². The first-order valence-electron chi connectivity index (χ1n) is 6.00. The Morgan fingerprint density at radius 3 is 2.44 bits per heavy atom. The number of aromatic amines is 1. The number of aryl methyl sites for hydroxylation is 1. The van der Waals surface area contributed by atoms with Crippen LogP contribution in [-0.4, -0.2) is 32.2 Å². The zero-order valence-electron chi connectivity index (χ0n) is 10.4. The largest absolute Gasteiger partial charge is 0.342 e. The number of fused-ring (bicyclic) bond motifs is 1. The second-order valence-corrected chi connectivity index (χ2v) is 4.66. The summed E-state index contributed by atoms with van der Waals surface area (Å²) in [5, 5.41) is 0. The first-order valence-corrected chi connectivity index (χ1v) is 6.00. The molecule has 0 spiro atoms. The molecule has 1 fully saturated rings. The van der Waals surface area contributed by atoms with Crippen molar-refractivity contribution in [3.05, 3.63) is 20.8 Å². The highest BCUT2D eigenvalue weighted by Gasteiger charge is 2.19. The molecular formula is C11H15N5O2. The van der Waals surface area contributed by atoms with Crippen molar-refractivity contribution in [2.24, 2.45) is 14.1 Å². The first-order chi connectivity index (χ1) is 8.59. The third-order valence-electron chi connectivity index (χ3n) is 3.49. The molecule has 0 bridgehead atoms. The predicted octanol–water partition coefficient (Wildman–Crippen LogP) is -0.440. The fourth-order valence-electron chi connectivity index (χ4n) is 2.39. The van der Waals surface area contributed by atoms with Gasteiger partial charge in [-0.25, -0.2) is 4.79 Å². The van der Waals surface area contributed by atoms with Crippen LogP contribution in [0.25, 0.3) is 11.2 Å². The molecule has 1 saturated heterocycles. The zero-order valence-corrected chi connectivity index (χ0v) is 10.4. The van der Waals surface area contributed by atoms with Gasteiger partial charge in [0.05, 0.1) is 0 Å². The first kappa shape index (κ1) is 11.1. The molecular weight excluding hydrogens is 234 g/mol. The number of imidazole rings is 1. The molecule has 1 aliphatic rings. The second-order valence-electron chi connectivity index (χ2n) is 4.66. The van der Waals surface area contributed by atoms with Crippen LogP contribution in [0.3, 0.4) is 0 Å². The van der Waals surface area contributed by atoms with Crippen LogP contribution in [0.2, 0.25) is 0 Å². The molecule has 3 heterocycles. The van der Waals surface area contributed by atoms with Crippen LogP contribution < -0.4 is 16.1 Å². The van der Waals surface area contributed by atoms with Gasteiger partial charge in [-0.05, 0) is 12.8 Å². The molecule has 0 atom stereocenters. The summed E-state index contributed by atoms with van der Waals surface area (Å²) >= 11 is 0. The van der Waals surface area contributed by atoms with Gasteiger partial charge < -0.3 is 9.88 Å². The van der Waals surface area contributed by atoms with E-state index < -0.39 is 0 Å². The van der Waals surface area contributed by atoms with Crippen molar-refractivity contribution in [3.63, 3.8) is 0 Å². The number of rotatable bonds is 1. The lowest BCUT2D eigenvalue weighted by atomic mass is 10.4. The Morgan fingerprint density at radius 1 is 1.11 bits per heavy atom. The molecule has 96 valence electrons. The maximum Gasteiger partial charge on any atom is 0.332 e. The predicted molar refractivity (Wildman–Crippen MR) is 68.0 cm³/mol. The van der Waals surface area contributed by atoms with Crippen LogP contribution in [0.5, 0.6) is 0 Å². The van der Waals surface area contributed by atoms with E-state index in [1.165, 1.54) is 11.6 Å². The lowest BCUT2D eigenvalue weighted by molar-refractivity contribution is 0.708. The standard InChI is InChI=1S/C11H15N5O2/c1-14-8-7(9(17)15(2)11(14)18)12-10(13-8)16-5-3-4-6-16/h3-6H2,1-2H3,(H,12,13). The minimum absolute atomic E-state index is 0.328. The van der Waals surface area contributed by atoms with E-state index in [2.05, 4.69) is 14.9 Å². The van der Waals surface area contributed by atoms with E-state index in [1.807, 2.05) is 0 Å². The summed E-state index contributed by atoms with van der Waals surface area (Å²) < 4.78 is 2.49. The van der Waals surface area contributed by atoms with Gasteiger partial charge in [-0.1, -0.05) is 0 Å². The Labute approximate surface area is 103 Å². The summed E-state index contributed by atoms with van der Waals surface area (Å²) in [5.74, 6) is 0.681. The number of nitrogens with one attached hydrogen (secondary N) is 1. The number of hydrogen-bond donors (Lipinski definition) is 1. The van der Waals surface area contributed by atoms with Gasteiger partial charge in [-0.3, -0.25) is 13.9 Å². The Bertz CT molecular complexity index is 717. The normalized spacial score (nSPS) is 15.8. The van der Waals surface area contributed by atoms with Crippen LogP contribution in [0, 0.1) is 0 Å². The van der Waals surface area contributed by atoms with Gasteiger partial charge in [-0.15, -0.1) is 0 Å². The monoisotopic (exact) mass is 249 g/mol. The zero-order chi connectivity index (χ0) is 12.9. The van der Waals surface area contributed by atoms with Crippen molar-refractivity contribution >= 4 is 17.1 Å². The van der Waals surface area contributed by atoms with E-state index in [0.29, 0.717) is 17.1 Å². The van der Waals surface area contributed by atoms with Crippen LogP contribution in [0.1, 0.15) is 12.8 Å². The van der Waals surface area contributed by atoms with E-state index in [-0.39, 0.29) is 11.2 Å². The summed E-state index contributed by atoms with van der Waals surface area (Å²) in [6.45, 7) is 1.88. The molecule has 0 radical (unpaired) electrons. The van der Waals surface area contributed by atoms with Crippen LogP contribution in [0.4, 0.5) is 5.95 Å². The Kier molecular flexibility index (Phi) is 2.29. The van der Waals surface area contributed by atoms with Crippen molar-refractivity contribution in [3.8, 4) is 0 Å². The summed E-state index contributed by atoms with van der Waals surface area (Å²) in [7, 11) is 3.10. The molecule has 2 aromatic heterocycles. The van der Waals surface area contributed by atoms with Gasteiger partial charge in [-0.2, -0.15) is 4.98 Å². The second kappa shape index (κ2) is 3.72. The highest BCUT2D eigenvalue weighted by Crippen LogP contribution is 2.18. The third kappa shape index (κ3) is 1.40. The lowest BCUT2D eigenvalue weighted by Gasteiger charge is -2.12. The molecule has 7 nitrogen and oxygen atoms in total. The number of hydrogen-bond acceptors (Lipinski definition) is 4. The SMILES string of the molecule is Cn1c(=O)c2[nH]c(N3CCCC3)nc2n(C)c1=O. The van der Waals surface area contributed by atoms with E-state index in [0.717, 1.165) is 30.5 Å². The number of nitrogens with zero attached hydrogens (tertiary/aromatic N) is 4. The van der Waals surface area contributed by atoms with Gasteiger partial charge in [0.15, 0.2) is 11.2 Å². The molecule has 0 saturated carbocycles. The lowest BCUT2D eigenvalue weighted by Crippen LogP contribution is -2.36.